The molecule has 2 rings (SSSR count). The summed E-state index contributed by atoms with van der Waals surface area (Å²) in [4.78, 5) is 37.6. The minimum absolute atomic E-state index is 0.0403. The Bertz CT molecular complexity index is 660. The molecule has 0 aromatic rings. The molecule has 1 amide bonds. The Morgan fingerprint density at radius 2 is 2.00 bits per heavy atom. The van der Waals surface area contributed by atoms with Crippen molar-refractivity contribution in [1.82, 2.24) is 4.90 Å². The molecule has 10 heteroatoms. The van der Waals surface area contributed by atoms with Crippen LogP contribution in [0.15, 0.2) is 10.6 Å². The van der Waals surface area contributed by atoms with E-state index in [1.165, 1.54) is 33.6 Å². The van der Waals surface area contributed by atoms with Gasteiger partial charge < -0.3 is 13.9 Å². The number of β-lactam (4-membered cyclic amide) rings is 1. The molecule has 0 spiro atoms. The van der Waals surface area contributed by atoms with Gasteiger partial charge in [0.2, 0.25) is 5.91 Å². The molecule has 1 saturated heterocycles. The van der Waals surface area contributed by atoms with Gasteiger partial charge in [0.05, 0.1) is 24.0 Å². The molecule has 2 aliphatic rings. The van der Waals surface area contributed by atoms with E-state index in [9.17, 15) is 14.4 Å². The van der Waals surface area contributed by atoms with Crippen molar-refractivity contribution in [3.8, 4) is 0 Å². The van der Waals surface area contributed by atoms with Crippen molar-refractivity contribution in [2.24, 2.45) is 5.92 Å². The number of rotatable bonds is 7. The standard InChI is InChI=1S/C17H27NO6S2Si/c1-10(24-27(6,7)17(2,3)4)12-14(20)18-13(16(21)22-5)11(8-23-9-19)25-26-15(12)18/h9-10,12,15H,8H2,1-7H3/t10-,12+,15-/m1/s1. The number of hydrogen-bond donors (Lipinski definition) is 0. The van der Waals surface area contributed by atoms with E-state index in [-0.39, 0.29) is 40.6 Å². The first kappa shape index (κ1) is 22.3. The number of carbonyl (C=O) groups excluding carboxylic acids is 3. The lowest BCUT2D eigenvalue weighted by molar-refractivity contribution is -0.157. The van der Waals surface area contributed by atoms with Crippen molar-refractivity contribution in [3.63, 3.8) is 0 Å². The summed E-state index contributed by atoms with van der Waals surface area (Å²) in [5.41, 5.74) is 0.161. The lowest BCUT2D eigenvalue weighted by atomic mass is 9.92. The van der Waals surface area contributed by atoms with Gasteiger partial charge >= 0.3 is 5.97 Å². The van der Waals surface area contributed by atoms with Crippen LogP contribution in [0.4, 0.5) is 0 Å². The maximum Gasteiger partial charge on any atom is 0.355 e. The topological polar surface area (TPSA) is 82.1 Å². The Morgan fingerprint density at radius 1 is 1.37 bits per heavy atom. The number of hydrogen-bond acceptors (Lipinski definition) is 8. The van der Waals surface area contributed by atoms with Gasteiger partial charge in [-0.25, -0.2) is 4.79 Å². The molecule has 0 N–H and O–H groups in total. The zero-order valence-electron chi connectivity index (χ0n) is 16.7. The van der Waals surface area contributed by atoms with Crippen LogP contribution in [-0.2, 0) is 28.3 Å². The molecular formula is C17H27NO6S2Si. The summed E-state index contributed by atoms with van der Waals surface area (Å²) < 4.78 is 16.0. The fraction of sp³-hybridized carbons (Fsp3) is 0.706. The van der Waals surface area contributed by atoms with Crippen molar-refractivity contribution in [1.29, 1.82) is 0 Å². The van der Waals surface area contributed by atoms with Crippen LogP contribution < -0.4 is 0 Å². The van der Waals surface area contributed by atoms with E-state index in [1.54, 1.807) is 0 Å². The highest BCUT2D eigenvalue weighted by Crippen LogP contribution is 2.54. The molecular weight excluding hydrogens is 406 g/mol. The molecule has 0 aromatic carbocycles. The number of esters is 1. The van der Waals surface area contributed by atoms with Crippen LogP contribution in [-0.4, -0.2) is 56.8 Å². The molecule has 7 nitrogen and oxygen atoms in total. The molecule has 0 bridgehead atoms. The van der Waals surface area contributed by atoms with E-state index in [4.69, 9.17) is 13.9 Å². The molecule has 0 unspecified atom stereocenters. The van der Waals surface area contributed by atoms with E-state index >= 15 is 0 Å². The fourth-order valence-corrected chi connectivity index (χ4v) is 7.18. The third kappa shape index (κ3) is 4.23. The molecule has 1 fully saturated rings. The van der Waals surface area contributed by atoms with Crippen molar-refractivity contribution in [2.75, 3.05) is 13.7 Å². The van der Waals surface area contributed by atoms with Crippen LogP contribution in [0.1, 0.15) is 27.7 Å². The highest BCUT2D eigenvalue weighted by Gasteiger charge is 2.57. The maximum absolute atomic E-state index is 12.9. The second-order valence-electron chi connectivity index (χ2n) is 8.06. The smallest absolute Gasteiger partial charge is 0.355 e. The fourth-order valence-electron chi connectivity index (χ4n) is 2.77. The normalized spacial score (nSPS) is 24.1. The summed E-state index contributed by atoms with van der Waals surface area (Å²) >= 11 is 0. The predicted octanol–water partition coefficient (Wildman–Crippen LogP) is 3.13. The summed E-state index contributed by atoms with van der Waals surface area (Å²) in [7, 11) is 2.05. The van der Waals surface area contributed by atoms with Gasteiger partial charge in [-0.3, -0.25) is 14.5 Å². The quantitative estimate of drug-likeness (QED) is 0.199. The summed E-state index contributed by atoms with van der Waals surface area (Å²) in [6, 6.07) is 0. The third-order valence-corrected chi connectivity index (χ3v) is 12.7. The van der Waals surface area contributed by atoms with E-state index < -0.39 is 14.3 Å². The highest BCUT2D eigenvalue weighted by atomic mass is 33.1. The third-order valence-electron chi connectivity index (χ3n) is 5.29. The van der Waals surface area contributed by atoms with Crippen molar-refractivity contribution in [2.45, 2.75) is 57.3 Å². The van der Waals surface area contributed by atoms with Gasteiger partial charge in [-0.1, -0.05) is 42.4 Å². The van der Waals surface area contributed by atoms with Crippen LogP contribution in [0, 0.1) is 5.92 Å². The number of fused-ring (bicyclic) bond motifs is 1. The highest BCUT2D eigenvalue weighted by molar-refractivity contribution is 8.78. The SMILES string of the molecule is COC(=O)C1=C(COC=O)SS[C@@H]2[C@@H]([C@@H](C)O[Si](C)(C)C(C)(C)C)C(=O)N12. The number of carbonyl (C=O) groups is 3. The van der Waals surface area contributed by atoms with E-state index in [0.29, 0.717) is 11.4 Å². The molecule has 2 aliphatic heterocycles. The Balaban J connectivity index is 2.22. The average Bonchev–Trinajstić information content (AvgIpc) is 2.56. The molecule has 0 saturated carbocycles. The summed E-state index contributed by atoms with van der Waals surface area (Å²) in [6.45, 7) is 13.0. The second kappa shape index (κ2) is 8.18. The minimum Gasteiger partial charge on any atom is -0.464 e. The Labute approximate surface area is 169 Å². The van der Waals surface area contributed by atoms with Gasteiger partial charge in [0.15, 0.2) is 8.32 Å². The molecule has 152 valence electrons. The van der Waals surface area contributed by atoms with Crippen LogP contribution in [0.2, 0.25) is 18.1 Å². The minimum atomic E-state index is -2.03. The van der Waals surface area contributed by atoms with E-state index in [0.717, 1.165) is 0 Å². The van der Waals surface area contributed by atoms with Gasteiger partial charge in [-0.05, 0) is 25.1 Å². The van der Waals surface area contributed by atoms with Gasteiger partial charge in [-0.2, -0.15) is 0 Å². The summed E-state index contributed by atoms with van der Waals surface area (Å²) in [5.74, 6) is -1.10. The van der Waals surface area contributed by atoms with E-state index in [2.05, 4.69) is 33.9 Å². The maximum atomic E-state index is 12.9. The predicted molar refractivity (Wildman–Crippen MR) is 108 cm³/mol. The Morgan fingerprint density at radius 3 is 2.52 bits per heavy atom. The number of methoxy groups -OCH3 is 1. The van der Waals surface area contributed by atoms with Gasteiger partial charge in [0, 0.05) is 0 Å². The Kier molecular flexibility index (Phi) is 6.76. The first-order valence-electron chi connectivity index (χ1n) is 8.67. The zero-order chi connectivity index (χ0) is 20.6. The Hall–Kier alpha value is -0.973. The molecule has 0 aromatic heterocycles. The van der Waals surface area contributed by atoms with E-state index in [1.807, 2.05) is 6.92 Å². The zero-order valence-corrected chi connectivity index (χ0v) is 19.4. The van der Waals surface area contributed by atoms with Crippen LogP contribution in [0.3, 0.4) is 0 Å². The first-order chi connectivity index (χ1) is 12.5. The average molecular weight is 434 g/mol. The molecule has 2 heterocycles. The summed E-state index contributed by atoms with van der Waals surface area (Å²) in [5, 5.41) is -0.171. The molecule has 0 aliphatic carbocycles. The number of amides is 1. The molecule has 27 heavy (non-hydrogen) atoms. The lowest BCUT2D eigenvalue weighted by Gasteiger charge is -2.52. The van der Waals surface area contributed by atoms with Crippen LogP contribution >= 0.6 is 21.6 Å². The lowest BCUT2D eigenvalue weighted by Crippen LogP contribution is -2.65. The van der Waals surface area contributed by atoms with Gasteiger partial charge in [0.1, 0.15) is 17.7 Å². The second-order valence-corrected chi connectivity index (χ2v) is 15.2. The van der Waals surface area contributed by atoms with Crippen molar-refractivity contribution < 1.29 is 28.3 Å². The molecule has 0 radical (unpaired) electrons. The number of ether oxygens (including phenoxy) is 2. The van der Waals surface area contributed by atoms with Crippen molar-refractivity contribution >= 4 is 48.3 Å². The van der Waals surface area contributed by atoms with Crippen LogP contribution in [0.5, 0.6) is 0 Å². The largest absolute Gasteiger partial charge is 0.464 e. The number of nitrogens with zero attached hydrogens (tertiary/aromatic N) is 1. The van der Waals surface area contributed by atoms with Gasteiger partial charge in [0.25, 0.3) is 6.47 Å². The monoisotopic (exact) mass is 433 g/mol. The molecule has 3 atom stereocenters. The summed E-state index contributed by atoms with van der Waals surface area (Å²) in [6.07, 6.45) is -0.251. The van der Waals surface area contributed by atoms with Crippen LogP contribution in [0.25, 0.3) is 0 Å². The van der Waals surface area contributed by atoms with Crippen molar-refractivity contribution in [3.05, 3.63) is 10.6 Å². The van der Waals surface area contributed by atoms with Gasteiger partial charge in [-0.15, -0.1) is 0 Å². The first-order valence-corrected chi connectivity index (χ1v) is 13.8.